The lowest BCUT2D eigenvalue weighted by molar-refractivity contribution is -0.138. The largest absolute Gasteiger partial charge is 0.492 e. The van der Waals surface area contributed by atoms with Crippen molar-refractivity contribution in [3.05, 3.63) is 59.3 Å². The number of aromatic nitrogens is 2. The molecule has 3 heterocycles. The van der Waals surface area contributed by atoms with Crippen molar-refractivity contribution in [2.75, 3.05) is 19.7 Å². The van der Waals surface area contributed by atoms with E-state index in [9.17, 15) is 9.59 Å². The summed E-state index contributed by atoms with van der Waals surface area (Å²) in [6.45, 7) is 1.79. The number of fused-ring (bicyclic) bond motifs is 1. The maximum atomic E-state index is 12.4. The van der Waals surface area contributed by atoms with Crippen LogP contribution in [-0.4, -0.2) is 40.1 Å². The number of carbonyl (C=O) groups is 1. The maximum absolute atomic E-state index is 12.4. The van der Waals surface area contributed by atoms with Crippen molar-refractivity contribution >= 4 is 17.0 Å². The number of benzene rings is 1. The van der Waals surface area contributed by atoms with E-state index >= 15 is 0 Å². The molecule has 0 radical (unpaired) electrons. The van der Waals surface area contributed by atoms with Crippen LogP contribution in [0, 0.1) is 5.92 Å². The van der Waals surface area contributed by atoms with E-state index in [0.29, 0.717) is 36.7 Å². The molecule has 7 nitrogen and oxygen atoms in total. The highest BCUT2D eigenvalue weighted by molar-refractivity contribution is 5.80. The number of amides is 1. The Morgan fingerprint density at radius 3 is 2.88 bits per heavy atom. The lowest BCUT2D eigenvalue weighted by Gasteiger charge is -2.39. The third-order valence-electron chi connectivity index (χ3n) is 4.30. The number of hydrogen-bond acceptors (Lipinski definition) is 5. The summed E-state index contributed by atoms with van der Waals surface area (Å²) in [5, 5.41) is 0. The second kappa shape index (κ2) is 6.43. The molecule has 0 atom stereocenters. The topological polar surface area (TPSA) is 77.6 Å². The van der Waals surface area contributed by atoms with Crippen molar-refractivity contribution in [1.29, 1.82) is 0 Å². The Morgan fingerprint density at radius 1 is 1.24 bits per heavy atom. The van der Waals surface area contributed by atoms with E-state index in [-0.39, 0.29) is 12.5 Å². The number of pyridine rings is 1. The number of likely N-dealkylation sites (tertiary alicyclic amines) is 1. The zero-order valence-corrected chi connectivity index (χ0v) is 13.5. The van der Waals surface area contributed by atoms with E-state index in [4.69, 9.17) is 9.15 Å². The van der Waals surface area contributed by atoms with Crippen molar-refractivity contribution in [3.8, 4) is 5.75 Å². The van der Waals surface area contributed by atoms with Crippen LogP contribution < -0.4 is 10.5 Å². The Bertz CT molecular complexity index is 942. The van der Waals surface area contributed by atoms with Crippen LogP contribution in [0.25, 0.3) is 11.1 Å². The van der Waals surface area contributed by atoms with Crippen LogP contribution in [-0.2, 0) is 11.3 Å². The summed E-state index contributed by atoms with van der Waals surface area (Å²) in [5.74, 6) is 0.420. The minimum atomic E-state index is -0.508. The molecule has 0 spiro atoms. The average molecular weight is 339 g/mol. The van der Waals surface area contributed by atoms with Gasteiger partial charge in [-0.3, -0.25) is 14.3 Å². The summed E-state index contributed by atoms with van der Waals surface area (Å²) in [5.41, 5.74) is 1.13. The van der Waals surface area contributed by atoms with Gasteiger partial charge >= 0.3 is 5.76 Å². The first-order chi connectivity index (χ1) is 12.2. The molecule has 1 aliphatic heterocycles. The zero-order chi connectivity index (χ0) is 17.2. The lowest BCUT2D eigenvalue weighted by atomic mass is 10.0. The molecule has 0 saturated carbocycles. The second-order valence-electron chi connectivity index (χ2n) is 6.09. The number of para-hydroxylation sites is 2. The number of rotatable bonds is 5. The molecule has 1 aliphatic rings. The van der Waals surface area contributed by atoms with E-state index < -0.39 is 5.76 Å². The van der Waals surface area contributed by atoms with Crippen LogP contribution in [0.5, 0.6) is 5.75 Å². The fourth-order valence-electron chi connectivity index (χ4n) is 2.92. The normalized spacial score (nSPS) is 14.5. The molecule has 0 aliphatic carbocycles. The SMILES string of the molecule is O=C(Cn1c(=O)oc2ccccc21)N1CC(COc2cccnc2)C1. The summed E-state index contributed by atoms with van der Waals surface area (Å²) in [6.07, 6.45) is 3.36. The molecule has 128 valence electrons. The van der Waals surface area contributed by atoms with Gasteiger partial charge in [0.25, 0.3) is 0 Å². The summed E-state index contributed by atoms with van der Waals surface area (Å²) in [7, 11) is 0. The average Bonchev–Trinajstić information content (AvgIpc) is 2.90. The van der Waals surface area contributed by atoms with Gasteiger partial charge in [0.2, 0.25) is 5.91 Å². The van der Waals surface area contributed by atoms with Crippen LogP contribution in [0.4, 0.5) is 0 Å². The zero-order valence-electron chi connectivity index (χ0n) is 13.5. The molecule has 4 rings (SSSR count). The van der Waals surface area contributed by atoms with Crippen LogP contribution >= 0.6 is 0 Å². The van der Waals surface area contributed by atoms with E-state index in [1.165, 1.54) is 4.57 Å². The number of ether oxygens (including phenoxy) is 1. The van der Waals surface area contributed by atoms with Crippen molar-refractivity contribution in [2.24, 2.45) is 5.92 Å². The van der Waals surface area contributed by atoms with Gasteiger partial charge in [-0.05, 0) is 24.3 Å². The third-order valence-corrected chi connectivity index (χ3v) is 4.30. The Kier molecular flexibility index (Phi) is 3.97. The van der Waals surface area contributed by atoms with E-state index in [1.807, 2.05) is 18.2 Å². The quantitative estimate of drug-likeness (QED) is 0.704. The van der Waals surface area contributed by atoms with Gasteiger partial charge in [0.1, 0.15) is 12.3 Å². The molecule has 1 fully saturated rings. The minimum absolute atomic E-state index is 0.00791. The summed E-state index contributed by atoms with van der Waals surface area (Å²) in [4.78, 5) is 30.0. The van der Waals surface area contributed by atoms with Gasteiger partial charge in [-0.1, -0.05) is 12.1 Å². The Hall–Kier alpha value is -3.09. The molecule has 1 amide bonds. The van der Waals surface area contributed by atoms with Crippen LogP contribution in [0.15, 0.2) is 58.0 Å². The van der Waals surface area contributed by atoms with Gasteiger partial charge < -0.3 is 14.1 Å². The predicted octanol–water partition coefficient (Wildman–Crippen LogP) is 1.53. The molecule has 25 heavy (non-hydrogen) atoms. The van der Waals surface area contributed by atoms with E-state index in [0.717, 1.165) is 5.75 Å². The maximum Gasteiger partial charge on any atom is 0.420 e. The molecule has 3 aromatic rings. The smallest absolute Gasteiger partial charge is 0.420 e. The number of carbonyl (C=O) groups excluding carboxylic acids is 1. The summed E-state index contributed by atoms with van der Waals surface area (Å²) < 4.78 is 12.2. The summed E-state index contributed by atoms with van der Waals surface area (Å²) in [6, 6.07) is 10.8. The standard InChI is InChI=1S/C18H17N3O4/c22-17(11-21-15-5-1-2-6-16(15)25-18(21)23)20-9-13(10-20)12-24-14-4-3-7-19-8-14/h1-8,13H,9-12H2. The Labute approximate surface area is 143 Å². The Morgan fingerprint density at radius 2 is 2.08 bits per heavy atom. The van der Waals surface area contributed by atoms with Gasteiger partial charge in [0.05, 0.1) is 18.3 Å². The number of oxazole rings is 1. The molecular weight excluding hydrogens is 322 g/mol. The van der Waals surface area contributed by atoms with Crippen molar-refractivity contribution in [1.82, 2.24) is 14.5 Å². The first-order valence-electron chi connectivity index (χ1n) is 8.09. The molecule has 1 aromatic carbocycles. The third kappa shape index (κ3) is 3.13. The number of hydrogen-bond donors (Lipinski definition) is 0. The van der Waals surface area contributed by atoms with Gasteiger partial charge in [-0.2, -0.15) is 0 Å². The van der Waals surface area contributed by atoms with Crippen molar-refractivity contribution < 1.29 is 13.9 Å². The number of nitrogens with zero attached hydrogens (tertiary/aromatic N) is 3. The highest BCUT2D eigenvalue weighted by atomic mass is 16.5. The fourth-order valence-corrected chi connectivity index (χ4v) is 2.92. The molecule has 0 bridgehead atoms. The van der Waals surface area contributed by atoms with E-state index in [1.54, 1.807) is 35.5 Å². The minimum Gasteiger partial charge on any atom is -0.492 e. The van der Waals surface area contributed by atoms with Crippen LogP contribution in [0.1, 0.15) is 0 Å². The molecule has 2 aromatic heterocycles. The highest BCUT2D eigenvalue weighted by Gasteiger charge is 2.31. The van der Waals surface area contributed by atoms with Gasteiger partial charge in [-0.25, -0.2) is 4.79 Å². The molecule has 1 saturated heterocycles. The highest BCUT2D eigenvalue weighted by Crippen LogP contribution is 2.19. The van der Waals surface area contributed by atoms with Gasteiger partial charge in [0.15, 0.2) is 5.58 Å². The Balaban J connectivity index is 1.33. The first-order valence-corrected chi connectivity index (χ1v) is 8.09. The predicted molar refractivity (Wildman–Crippen MR) is 90.3 cm³/mol. The molecule has 7 heteroatoms. The van der Waals surface area contributed by atoms with Crippen LogP contribution in [0.3, 0.4) is 0 Å². The molecule has 0 unspecified atom stereocenters. The monoisotopic (exact) mass is 339 g/mol. The van der Waals surface area contributed by atoms with Gasteiger partial charge in [0, 0.05) is 25.2 Å². The van der Waals surface area contributed by atoms with Crippen molar-refractivity contribution in [2.45, 2.75) is 6.54 Å². The van der Waals surface area contributed by atoms with Crippen molar-refractivity contribution in [3.63, 3.8) is 0 Å². The second-order valence-corrected chi connectivity index (χ2v) is 6.09. The summed E-state index contributed by atoms with van der Waals surface area (Å²) >= 11 is 0. The lowest BCUT2D eigenvalue weighted by Crippen LogP contribution is -2.53. The van der Waals surface area contributed by atoms with Gasteiger partial charge in [-0.15, -0.1) is 0 Å². The molecule has 0 N–H and O–H groups in total. The molecular formula is C18H17N3O4. The van der Waals surface area contributed by atoms with Crippen LogP contribution in [0.2, 0.25) is 0 Å². The van der Waals surface area contributed by atoms with E-state index in [2.05, 4.69) is 4.98 Å². The fraction of sp³-hybridized carbons (Fsp3) is 0.278. The first kappa shape index (κ1) is 15.4.